The van der Waals surface area contributed by atoms with Gasteiger partial charge in [0.1, 0.15) is 0 Å². The number of aromatic nitrogens is 1. The van der Waals surface area contributed by atoms with Gasteiger partial charge in [0.05, 0.1) is 0 Å². The molecule has 0 spiro atoms. The number of aryl methyl sites for hydroxylation is 1. The molecule has 1 aliphatic carbocycles. The lowest BCUT2D eigenvalue weighted by molar-refractivity contribution is 0.621. The van der Waals surface area contributed by atoms with Gasteiger partial charge >= 0.3 is 0 Å². The molecule has 0 amide bonds. The van der Waals surface area contributed by atoms with Crippen LogP contribution in [0.15, 0.2) is 12.3 Å². The Bertz CT molecular complexity index is 313. The molecule has 1 fully saturated rings. The molecule has 1 aliphatic rings. The van der Waals surface area contributed by atoms with Gasteiger partial charge in [-0.25, -0.2) is 9.37 Å². The van der Waals surface area contributed by atoms with Crippen molar-refractivity contribution in [3.05, 3.63) is 23.6 Å². The van der Waals surface area contributed by atoms with E-state index in [2.05, 4.69) is 4.98 Å². The summed E-state index contributed by atoms with van der Waals surface area (Å²) in [6, 6.07) is 1.49. The molecule has 4 heteroatoms. The molecule has 1 heterocycles. The fourth-order valence-corrected chi connectivity index (χ4v) is 1.40. The van der Waals surface area contributed by atoms with Gasteiger partial charge in [-0.15, -0.1) is 12.4 Å². The highest BCUT2D eigenvalue weighted by molar-refractivity contribution is 5.85. The number of pyridine rings is 1. The van der Waals surface area contributed by atoms with Crippen LogP contribution in [-0.2, 0) is 6.42 Å². The third kappa shape index (κ3) is 2.84. The second-order valence-corrected chi connectivity index (χ2v) is 3.69. The predicted octanol–water partition coefficient (Wildman–Crippen LogP) is 2.57. The zero-order valence-corrected chi connectivity index (χ0v) is 8.69. The summed E-state index contributed by atoms with van der Waals surface area (Å²) in [5.74, 6) is 0.476. The van der Waals surface area contributed by atoms with Gasteiger partial charge in [-0.2, -0.15) is 0 Å². The van der Waals surface area contributed by atoms with E-state index in [4.69, 9.17) is 5.73 Å². The van der Waals surface area contributed by atoms with Crippen molar-refractivity contribution in [3.63, 3.8) is 0 Å². The molecule has 0 aliphatic heterocycles. The fourth-order valence-electron chi connectivity index (χ4n) is 1.40. The first-order valence-corrected chi connectivity index (χ1v) is 4.65. The summed E-state index contributed by atoms with van der Waals surface area (Å²) in [6.45, 7) is 0. The lowest BCUT2D eigenvalue weighted by Crippen LogP contribution is -1.97. The Kier molecular flexibility index (Phi) is 3.69. The first-order chi connectivity index (χ1) is 6.25. The van der Waals surface area contributed by atoms with Gasteiger partial charge in [0.15, 0.2) is 11.6 Å². The van der Waals surface area contributed by atoms with Crippen LogP contribution in [0.4, 0.5) is 10.2 Å². The molecular weight excluding hydrogens is 203 g/mol. The molecule has 2 nitrogen and oxygen atoms in total. The third-order valence-electron chi connectivity index (χ3n) is 2.46. The van der Waals surface area contributed by atoms with Gasteiger partial charge in [-0.3, -0.25) is 0 Å². The number of halogens is 2. The summed E-state index contributed by atoms with van der Waals surface area (Å²) in [5.41, 5.74) is 6.23. The van der Waals surface area contributed by atoms with Crippen molar-refractivity contribution in [2.24, 2.45) is 5.92 Å². The van der Waals surface area contributed by atoms with E-state index in [-0.39, 0.29) is 18.2 Å². The number of anilines is 1. The lowest BCUT2D eigenvalue weighted by atomic mass is 10.1. The van der Waals surface area contributed by atoms with Gasteiger partial charge in [-0.05, 0) is 30.4 Å². The predicted molar refractivity (Wildman–Crippen MR) is 56.9 cm³/mol. The van der Waals surface area contributed by atoms with Crippen LogP contribution in [-0.4, -0.2) is 4.98 Å². The minimum absolute atomic E-state index is 0. The van der Waals surface area contributed by atoms with Gasteiger partial charge in [-0.1, -0.05) is 12.8 Å². The second-order valence-electron chi connectivity index (χ2n) is 3.69. The molecule has 0 atom stereocenters. The molecule has 78 valence electrons. The number of rotatable bonds is 3. The van der Waals surface area contributed by atoms with Crippen LogP contribution < -0.4 is 5.73 Å². The molecule has 2 N–H and O–H groups in total. The molecule has 0 radical (unpaired) electrons. The molecule has 1 saturated carbocycles. The topological polar surface area (TPSA) is 38.9 Å². The average Bonchev–Trinajstić information content (AvgIpc) is 2.91. The molecular formula is C10H14ClFN2. The molecule has 0 bridgehead atoms. The number of nitrogens with zero attached hydrogens (tertiary/aromatic N) is 1. The van der Waals surface area contributed by atoms with Gasteiger partial charge in [0.2, 0.25) is 0 Å². The summed E-state index contributed by atoms with van der Waals surface area (Å²) >= 11 is 0. The number of nitrogen functional groups attached to an aromatic ring is 1. The molecule has 1 aromatic rings. The van der Waals surface area contributed by atoms with Crippen molar-refractivity contribution in [1.82, 2.24) is 4.98 Å². The Balaban J connectivity index is 0.000000980. The number of hydrogen-bond acceptors (Lipinski definition) is 2. The Morgan fingerprint density at radius 1 is 1.50 bits per heavy atom. The standard InChI is InChI=1S/C10H13FN2.ClH/c11-9-5-8(6-13-10(9)12)4-3-7-1-2-7;/h5-7H,1-4H2,(H2,12,13);1H. The van der Waals surface area contributed by atoms with Gasteiger partial charge in [0, 0.05) is 6.20 Å². The van der Waals surface area contributed by atoms with Crippen LogP contribution in [0, 0.1) is 11.7 Å². The maximum Gasteiger partial charge on any atom is 0.165 e. The first kappa shape index (κ1) is 11.2. The second kappa shape index (κ2) is 4.60. The minimum atomic E-state index is -0.395. The van der Waals surface area contributed by atoms with E-state index < -0.39 is 5.82 Å². The lowest BCUT2D eigenvalue weighted by Gasteiger charge is -2.01. The van der Waals surface area contributed by atoms with E-state index in [0.717, 1.165) is 24.3 Å². The molecule has 0 aromatic carbocycles. The molecule has 0 saturated heterocycles. The average molecular weight is 217 g/mol. The van der Waals surface area contributed by atoms with Crippen molar-refractivity contribution in [2.75, 3.05) is 5.73 Å². The van der Waals surface area contributed by atoms with Gasteiger partial charge in [0.25, 0.3) is 0 Å². The smallest absolute Gasteiger partial charge is 0.165 e. The summed E-state index contributed by atoms with van der Waals surface area (Å²) in [7, 11) is 0. The van der Waals surface area contributed by atoms with E-state index in [1.54, 1.807) is 6.20 Å². The Morgan fingerprint density at radius 2 is 2.21 bits per heavy atom. The summed E-state index contributed by atoms with van der Waals surface area (Å²) in [4.78, 5) is 3.78. The zero-order chi connectivity index (χ0) is 9.26. The highest BCUT2D eigenvalue weighted by atomic mass is 35.5. The molecule has 14 heavy (non-hydrogen) atoms. The van der Waals surface area contributed by atoms with E-state index in [9.17, 15) is 4.39 Å². The molecule has 2 rings (SSSR count). The Labute approximate surface area is 89.1 Å². The highest BCUT2D eigenvalue weighted by Gasteiger charge is 2.20. The SMILES string of the molecule is Cl.Nc1ncc(CCC2CC2)cc1F. The van der Waals surface area contributed by atoms with Crippen molar-refractivity contribution >= 4 is 18.2 Å². The van der Waals surface area contributed by atoms with E-state index >= 15 is 0 Å². The van der Waals surface area contributed by atoms with E-state index in [1.165, 1.54) is 18.9 Å². The van der Waals surface area contributed by atoms with Crippen LogP contribution in [0.3, 0.4) is 0 Å². The van der Waals surface area contributed by atoms with Gasteiger partial charge < -0.3 is 5.73 Å². The molecule has 1 aromatic heterocycles. The van der Waals surface area contributed by atoms with Crippen molar-refractivity contribution in [2.45, 2.75) is 25.7 Å². The van der Waals surface area contributed by atoms with Crippen LogP contribution >= 0.6 is 12.4 Å². The van der Waals surface area contributed by atoms with Crippen LogP contribution in [0.5, 0.6) is 0 Å². The van der Waals surface area contributed by atoms with Crippen LogP contribution in [0.2, 0.25) is 0 Å². The first-order valence-electron chi connectivity index (χ1n) is 4.65. The van der Waals surface area contributed by atoms with Crippen molar-refractivity contribution in [3.8, 4) is 0 Å². The van der Waals surface area contributed by atoms with Crippen molar-refractivity contribution < 1.29 is 4.39 Å². The van der Waals surface area contributed by atoms with E-state index in [0.29, 0.717) is 0 Å². The normalized spacial score (nSPS) is 14.9. The monoisotopic (exact) mass is 216 g/mol. The number of nitrogens with two attached hydrogens (primary N) is 1. The summed E-state index contributed by atoms with van der Waals surface area (Å²) in [5, 5.41) is 0. The zero-order valence-electron chi connectivity index (χ0n) is 7.87. The summed E-state index contributed by atoms with van der Waals surface area (Å²) in [6.07, 6.45) is 6.43. The minimum Gasteiger partial charge on any atom is -0.381 e. The summed E-state index contributed by atoms with van der Waals surface area (Å²) < 4.78 is 12.9. The highest BCUT2D eigenvalue weighted by Crippen LogP contribution is 2.33. The van der Waals surface area contributed by atoms with Crippen LogP contribution in [0.1, 0.15) is 24.8 Å². The Morgan fingerprint density at radius 3 is 2.79 bits per heavy atom. The quantitative estimate of drug-likeness (QED) is 0.844. The number of hydrogen-bond donors (Lipinski definition) is 1. The Hall–Kier alpha value is -0.830. The van der Waals surface area contributed by atoms with E-state index in [1.807, 2.05) is 0 Å². The third-order valence-corrected chi connectivity index (χ3v) is 2.46. The van der Waals surface area contributed by atoms with Crippen LogP contribution in [0.25, 0.3) is 0 Å². The molecule has 0 unspecified atom stereocenters. The maximum atomic E-state index is 12.9. The maximum absolute atomic E-state index is 12.9. The largest absolute Gasteiger partial charge is 0.381 e. The van der Waals surface area contributed by atoms with Crippen molar-refractivity contribution in [1.29, 1.82) is 0 Å². The fraction of sp³-hybridized carbons (Fsp3) is 0.500.